The Kier molecular flexibility index (Phi) is 5.89. The number of halogens is 2. The molecule has 0 unspecified atom stereocenters. The molecule has 1 aliphatic carbocycles. The van der Waals surface area contributed by atoms with Crippen LogP contribution in [0.15, 0.2) is 36.4 Å². The van der Waals surface area contributed by atoms with Crippen molar-refractivity contribution in [2.75, 3.05) is 26.8 Å². The molecule has 30 heavy (non-hydrogen) atoms. The summed E-state index contributed by atoms with van der Waals surface area (Å²) in [6, 6.07) is 9.83. The fraction of sp³-hybridized carbons (Fsp3) is 0.458. The van der Waals surface area contributed by atoms with E-state index in [1.54, 1.807) is 13.2 Å². The van der Waals surface area contributed by atoms with Gasteiger partial charge in [-0.3, -0.25) is 4.90 Å². The van der Waals surface area contributed by atoms with Crippen molar-refractivity contribution in [1.29, 1.82) is 0 Å². The minimum absolute atomic E-state index is 0.135. The highest BCUT2D eigenvalue weighted by molar-refractivity contribution is 5.88. The van der Waals surface area contributed by atoms with Crippen LogP contribution < -0.4 is 0 Å². The van der Waals surface area contributed by atoms with Crippen molar-refractivity contribution in [2.24, 2.45) is 0 Å². The molecule has 0 amide bonds. The first kappa shape index (κ1) is 20.9. The number of ether oxygens (including phenoxy) is 1. The van der Waals surface area contributed by atoms with E-state index >= 15 is 0 Å². The lowest BCUT2D eigenvalue weighted by Gasteiger charge is -2.42. The van der Waals surface area contributed by atoms with E-state index in [0.717, 1.165) is 49.9 Å². The van der Waals surface area contributed by atoms with Gasteiger partial charge in [0.05, 0.1) is 12.2 Å². The van der Waals surface area contributed by atoms with Gasteiger partial charge in [-0.05, 0) is 79.6 Å². The van der Waals surface area contributed by atoms with E-state index in [0.29, 0.717) is 18.7 Å². The van der Waals surface area contributed by atoms with E-state index in [9.17, 15) is 18.7 Å². The van der Waals surface area contributed by atoms with Gasteiger partial charge in [0.1, 0.15) is 11.6 Å². The molecule has 0 spiro atoms. The lowest BCUT2D eigenvalue weighted by Crippen LogP contribution is -2.45. The third-order valence-electron chi connectivity index (χ3n) is 6.57. The molecular weight excluding hydrogens is 388 g/mol. The summed E-state index contributed by atoms with van der Waals surface area (Å²) in [7, 11) is 1.69. The smallest absolute Gasteiger partial charge is 0.338 e. The second kappa shape index (κ2) is 8.44. The maximum absolute atomic E-state index is 14.9. The molecule has 160 valence electrons. The maximum atomic E-state index is 14.9. The van der Waals surface area contributed by atoms with E-state index in [-0.39, 0.29) is 22.7 Å². The number of benzene rings is 2. The molecule has 1 aliphatic heterocycles. The Balaban J connectivity index is 1.51. The fourth-order valence-corrected chi connectivity index (χ4v) is 4.73. The molecule has 1 N–H and O–H groups in total. The zero-order valence-corrected chi connectivity index (χ0v) is 17.2. The van der Waals surface area contributed by atoms with Gasteiger partial charge < -0.3 is 9.84 Å². The largest absolute Gasteiger partial charge is 0.478 e. The first-order valence-electron chi connectivity index (χ1n) is 10.5. The van der Waals surface area contributed by atoms with Crippen LogP contribution in [0.4, 0.5) is 8.78 Å². The molecule has 0 atom stereocenters. The Morgan fingerprint density at radius 1 is 1.13 bits per heavy atom. The molecule has 0 aromatic heterocycles. The molecule has 2 aromatic rings. The Labute approximate surface area is 175 Å². The molecule has 2 fully saturated rings. The van der Waals surface area contributed by atoms with Crippen molar-refractivity contribution in [3.05, 3.63) is 70.3 Å². The van der Waals surface area contributed by atoms with Crippen LogP contribution in [0, 0.1) is 11.6 Å². The van der Waals surface area contributed by atoms with E-state index in [1.165, 1.54) is 18.2 Å². The Morgan fingerprint density at radius 2 is 1.80 bits per heavy atom. The number of rotatable bonds is 7. The first-order valence-corrected chi connectivity index (χ1v) is 10.5. The summed E-state index contributed by atoms with van der Waals surface area (Å²) >= 11 is 0. The number of aromatic carboxylic acids is 1. The summed E-state index contributed by atoms with van der Waals surface area (Å²) in [4.78, 5) is 13.6. The SMILES string of the molecule is COCC1(c2ccc(F)cc2)CCN(Cc2ccc(C(=O)O)c(F)c2C2CC2)CC1. The number of piperidine rings is 1. The average Bonchev–Trinajstić information content (AvgIpc) is 3.55. The highest BCUT2D eigenvalue weighted by atomic mass is 19.1. The number of hydrogen-bond donors (Lipinski definition) is 1. The zero-order chi connectivity index (χ0) is 21.3. The number of carbonyl (C=O) groups is 1. The highest BCUT2D eigenvalue weighted by Gasteiger charge is 2.37. The summed E-state index contributed by atoms with van der Waals surface area (Å²) in [5.41, 5.74) is 2.16. The summed E-state index contributed by atoms with van der Waals surface area (Å²) < 4.78 is 33.8. The predicted molar refractivity (Wildman–Crippen MR) is 110 cm³/mol. The molecule has 1 saturated carbocycles. The van der Waals surface area contributed by atoms with Crippen LogP contribution in [0.1, 0.15) is 58.6 Å². The first-order chi connectivity index (χ1) is 14.4. The van der Waals surface area contributed by atoms with E-state index < -0.39 is 11.8 Å². The number of likely N-dealkylation sites (tertiary alicyclic amines) is 1. The topological polar surface area (TPSA) is 49.8 Å². The summed E-state index contributed by atoms with van der Waals surface area (Å²) in [6.07, 6.45) is 3.55. The molecule has 6 heteroatoms. The van der Waals surface area contributed by atoms with Gasteiger partial charge >= 0.3 is 5.97 Å². The number of carboxylic acids is 1. The molecule has 2 aliphatic rings. The predicted octanol–water partition coefficient (Wildman–Crippen LogP) is 4.72. The van der Waals surface area contributed by atoms with E-state index in [4.69, 9.17) is 4.74 Å². The minimum atomic E-state index is -1.22. The van der Waals surface area contributed by atoms with Crippen LogP contribution >= 0.6 is 0 Å². The lowest BCUT2D eigenvalue weighted by molar-refractivity contribution is 0.0689. The van der Waals surface area contributed by atoms with Crippen molar-refractivity contribution in [3.8, 4) is 0 Å². The van der Waals surface area contributed by atoms with Crippen LogP contribution in [0.25, 0.3) is 0 Å². The second-order valence-electron chi connectivity index (χ2n) is 8.58. The third kappa shape index (κ3) is 4.12. The van der Waals surface area contributed by atoms with Gasteiger partial charge in [0.2, 0.25) is 0 Å². The number of carboxylic acid groups (broad SMARTS) is 1. The van der Waals surface area contributed by atoms with Crippen LogP contribution in [0.2, 0.25) is 0 Å². The van der Waals surface area contributed by atoms with Gasteiger partial charge in [0.25, 0.3) is 0 Å². The lowest BCUT2D eigenvalue weighted by atomic mass is 9.73. The third-order valence-corrected chi connectivity index (χ3v) is 6.57. The summed E-state index contributed by atoms with van der Waals surface area (Å²) in [5, 5.41) is 9.25. The fourth-order valence-electron chi connectivity index (χ4n) is 4.73. The molecule has 1 heterocycles. The monoisotopic (exact) mass is 415 g/mol. The quantitative estimate of drug-likeness (QED) is 0.711. The van der Waals surface area contributed by atoms with E-state index in [1.807, 2.05) is 12.1 Å². The maximum Gasteiger partial charge on any atom is 0.338 e. The van der Waals surface area contributed by atoms with Gasteiger partial charge in [0.15, 0.2) is 0 Å². The van der Waals surface area contributed by atoms with Crippen molar-refractivity contribution in [1.82, 2.24) is 4.90 Å². The molecule has 0 radical (unpaired) electrons. The molecule has 4 nitrogen and oxygen atoms in total. The second-order valence-corrected chi connectivity index (χ2v) is 8.58. The molecule has 4 rings (SSSR count). The summed E-state index contributed by atoms with van der Waals surface area (Å²) in [6.45, 7) is 2.80. The minimum Gasteiger partial charge on any atom is -0.478 e. The molecule has 0 bridgehead atoms. The molecule has 2 aromatic carbocycles. The zero-order valence-electron chi connectivity index (χ0n) is 17.2. The van der Waals surface area contributed by atoms with Crippen molar-refractivity contribution in [2.45, 2.75) is 43.6 Å². The van der Waals surface area contributed by atoms with Crippen molar-refractivity contribution in [3.63, 3.8) is 0 Å². The number of methoxy groups -OCH3 is 1. The Bertz CT molecular complexity index is 917. The number of hydrogen-bond acceptors (Lipinski definition) is 3. The van der Waals surface area contributed by atoms with E-state index in [2.05, 4.69) is 4.90 Å². The molecular formula is C24H27F2NO3. The van der Waals surface area contributed by atoms with Gasteiger partial charge in [-0.1, -0.05) is 18.2 Å². The summed E-state index contributed by atoms with van der Waals surface area (Å²) in [5.74, 6) is -1.90. The van der Waals surface area contributed by atoms with Gasteiger partial charge in [-0.15, -0.1) is 0 Å². The highest BCUT2D eigenvalue weighted by Crippen LogP contribution is 2.44. The van der Waals surface area contributed by atoms with Crippen LogP contribution in [0.3, 0.4) is 0 Å². The standard InChI is InChI=1S/C24H27F2NO3/c1-30-15-24(18-5-7-19(25)8-6-18)10-12-27(13-11-24)14-17-4-9-20(23(28)29)22(26)21(17)16-2-3-16/h4-9,16H,2-3,10-15H2,1H3,(H,28,29). The van der Waals surface area contributed by atoms with Crippen molar-refractivity contribution < 1.29 is 23.4 Å². The normalized spacial score (nSPS) is 19.0. The van der Waals surface area contributed by atoms with Gasteiger partial charge in [0, 0.05) is 19.1 Å². The Hall–Kier alpha value is -2.31. The van der Waals surface area contributed by atoms with Crippen LogP contribution in [-0.4, -0.2) is 42.8 Å². The van der Waals surface area contributed by atoms with Gasteiger partial charge in [-0.25, -0.2) is 13.6 Å². The number of nitrogens with zero attached hydrogens (tertiary/aromatic N) is 1. The average molecular weight is 415 g/mol. The Morgan fingerprint density at radius 3 is 2.37 bits per heavy atom. The van der Waals surface area contributed by atoms with Crippen molar-refractivity contribution >= 4 is 5.97 Å². The molecule has 1 saturated heterocycles. The van der Waals surface area contributed by atoms with Crippen LogP contribution in [0.5, 0.6) is 0 Å². The van der Waals surface area contributed by atoms with Gasteiger partial charge in [-0.2, -0.15) is 0 Å². The van der Waals surface area contributed by atoms with Crippen LogP contribution in [-0.2, 0) is 16.7 Å².